The van der Waals surface area contributed by atoms with Gasteiger partial charge < -0.3 is 24.8 Å². The molecule has 0 saturated carbocycles. The Morgan fingerprint density at radius 1 is 0.750 bits per heavy atom. The monoisotopic (exact) mass is 434 g/mol. The zero-order chi connectivity index (χ0) is 22.9. The number of allylic oxidation sites excluding steroid dienone is 1. The maximum atomic E-state index is 9.77. The minimum Gasteiger partial charge on any atom is -0.508 e. The second kappa shape index (κ2) is 11.3. The van der Waals surface area contributed by atoms with Crippen molar-refractivity contribution in [3.05, 3.63) is 83.4 Å². The van der Waals surface area contributed by atoms with Crippen LogP contribution in [0.3, 0.4) is 0 Å². The Bertz CT molecular complexity index is 989. The van der Waals surface area contributed by atoms with Crippen LogP contribution >= 0.6 is 0 Å². The van der Waals surface area contributed by atoms with Gasteiger partial charge in [-0.1, -0.05) is 37.3 Å². The van der Waals surface area contributed by atoms with Crippen molar-refractivity contribution in [2.75, 3.05) is 20.3 Å². The zero-order valence-electron chi connectivity index (χ0n) is 18.5. The average molecular weight is 435 g/mol. The number of aromatic hydroxyl groups is 2. The Labute approximate surface area is 189 Å². The van der Waals surface area contributed by atoms with Crippen LogP contribution in [-0.4, -0.2) is 35.6 Å². The van der Waals surface area contributed by atoms with Crippen molar-refractivity contribution in [3.63, 3.8) is 0 Å². The molecule has 0 spiro atoms. The number of unbranched alkanes of at least 4 members (excludes halogenated alkanes) is 1. The quantitative estimate of drug-likeness (QED) is 0.285. The largest absolute Gasteiger partial charge is 0.508 e. The molecule has 0 heterocycles. The molecule has 0 bridgehead atoms. The van der Waals surface area contributed by atoms with E-state index < -0.39 is 0 Å². The molecule has 0 aromatic heterocycles. The number of phenols is 2. The molecule has 0 aliphatic heterocycles. The highest BCUT2D eigenvalue weighted by Crippen LogP contribution is 2.38. The fourth-order valence-electron chi connectivity index (χ4n) is 3.67. The van der Waals surface area contributed by atoms with E-state index in [0.29, 0.717) is 24.5 Å². The molecule has 0 aliphatic rings. The SMILES string of the molecule is CCC(=C(c1ccc(O)cc1)c1ccc(O)cc1)c1ccc(OCCCCO)c(OC)c1. The van der Waals surface area contributed by atoms with Crippen molar-refractivity contribution >= 4 is 11.1 Å². The molecule has 0 saturated heterocycles. The number of methoxy groups -OCH3 is 1. The van der Waals surface area contributed by atoms with Crippen molar-refractivity contribution in [3.8, 4) is 23.0 Å². The van der Waals surface area contributed by atoms with Crippen LogP contribution in [0.4, 0.5) is 0 Å². The number of aliphatic hydroxyl groups is 1. The number of rotatable bonds is 10. The molecule has 3 aromatic rings. The molecular weight excluding hydrogens is 404 g/mol. The Hall–Kier alpha value is -3.44. The van der Waals surface area contributed by atoms with E-state index in [1.807, 2.05) is 42.5 Å². The summed E-state index contributed by atoms with van der Waals surface area (Å²) in [6.07, 6.45) is 2.23. The Morgan fingerprint density at radius 3 is 1.81 bits per heavy atom. The molecule has 0 amide bonds. The molecule has 0 aliphatic carbocycles. The molecule has 32 heavy (non-hydrogen) atoms. The number of ether oxygens (including phenoxy) is 2. The molecule has 0 fully saturated rings. The molecule has 168 valence electrons. The van der Waals surface area contributed by atoms with Gasteiger partial charge in [0, 0.05) is 6.61 Å². The lowest BCUT2D eigenvalue weighted by Gasteiger charge is -2.18. The normalized spacial score (nSPS) is 10.6. The van der Waals surface area contributed by atoms with E-state index in [4.69, 9.17) is 14.6 Å². The maximum absolute atomic E-state index is 9.77. The van der Waals surface area contributed by atoms with E-state index in [1.165, 1.54) is 0 Å². The van der Waals surface area contributed by atoms with Crippen LogP contribution < -0.4 is 9.47 Å². The fraction of sp³-hybridized carbons (Fsp3) is 0.259. The second-order valence-corrected chi connectivity index (χ2v) is 7.45. The van der Waals surface area contributed by atoms with Crippen molar-refractivity contribution < 1.29 is 24.8 Å². The molecule has 5 nitrogen and oxygen atoms in total. The Balaban J connectivity index is 2.09. The molecule has 0 unspecified atom stereocenters. The van der Waals surface area contributed by atoms with Crippen LogP contribution in [0.25, 0.3) is 11.1 Å². The highest BCUT2D eigenvalue weighted by molar-refractivity contribution is 5.98. The summed E-state index contributed by atoms with van der Waals surface area (Å²) in [5.74, 6) is 1.73. The predicted octanol–water partition coefficient (Wildman–Crippen LogP) is 5.63. The average Bonchev–Trinajstić information content (AvgIpc) is 2.82. The first-order chi connectivity index (χ1) is 15.6. The van der Waals surface area contributed by atoms with Crippen LogP contribution in [0.1, 0.15) is 42.9 Å². The van der Waals surface area contributed by atoms with E-state index in [2.05, 4.69) is 6.92 Å². The highest BCUT2D eigenvalue weighted by atomic mass is 16.5. The molecule has 3 rings (SSSR count). The first-order valence-corrected chi connectivity index (χ1v) is 10.8. The summed E-state index contributed by atoms with van der Waals surface area (Å²) in [5, 5.41) is 28.5. The first kappa shape index (κ1) is 23.2. The van der Waals surface area contributed by atoms with Gasteiger partial charge in [0.15, 0.2) is 11.5 Å². The van der Waals surface area contributed by atoms with Crippen LogP contribution in [0.5, 0.6) is 23.0 Å². The van der Waals surface area contributed by atoms with Gasteiger partial charge in [-0.25, -0.2) is 0 Å². The van der Waals surface area contributed by atoms with Crippen LogP contribution in [-0.2, 0) is 0 Å². The Kier molecular flexibility index (Phi) is 8.17. The third kappa shape index (κ3) is 5.62. The number of hydrogen-bond acceptors (Lipinski definition) is 5. The summed E-state index contributed by atoms with van der Waals surface area (Å²) in [4.78, 5) is 0. The molecule has 3 N–H and O–H groups in total. The van der Waals surface area contributed by atoms with E-state index >= 15 is 0 Å². The molecular formula is C27H30O5. The van der Waals surface area contributed by atoms with E-state index in [0.717, 1.165) is 40.7 Å². The summed E-state index contributed by atoms with van der Waals surface area (Å²) in [5.41, 5.74) is 5.06. The minimum absolute atomic E-state index is 0.154. The fourth-order valence-corrected chi connectivity index (χ4v) is 3.67. The lowest BCUT2D eigenvalue weighted by molar-refractivity contribution is 0.247. The number of benzene rings is 3. The lowest BCUT2D eigenvalue weighted by atomic mass is 9.88. The van der Waals surface area contributed by atoms with Gasteiger partial charge in [-0.15, -0.1) is 0 Å². The van der Waals surface area contributed by atoms with E-state index in [-0.39, 0.29) is 18.1 Å². The van der Waals surface area contributed by atoms with Gasteiger partial charge in [0.2, 0.25) is 0 Å². The zero-order valence-corrected chi connectivity index (χ0v) is 18.5. The summed E-state index contributed by atoms with van der Waals surface area (Å²) in [6.45, 7) is 2.77. The summed E-state index contributed by atoms with van der Waals surface area (Å²) in [7, 11) is 1.62. The van der Waals surface area contributed by atoms with Crippen LogP contribution in [0.2, 0.25) is 0 Å². The summed E-state index contributed by atoms with van der Waals surface area (Å²) in [6, 6.07) is 20.2. The summed E-state index contributed by atoms with van der Waals surface area (Å²) >= 11 is 0. The second-order valence-electron chi connectivity index (χ2n) is 7.45. The van der Waals surface area contributed by atoms with Gasteiger partial charge in [0.05, 0.1) is 13.7 Å². The van der Waals surface area contributed by atoms with Crippen molar-refractivity contribution in [1.29, 1.82) is 0 Å². The third-order valence-corrected chi connectivity index (χ3v) is 5.29. The van der Waals surface area contributed by atoms with Gasteiger partial charge in [-0.3, -0.25) is 0 Å². The van der Waals surface area contributed by atoms with Crippen molar-refractivity contribution in [2.24, 2.45) is 0 Å². The molecule has 0 atom stereocenters. The molecule has 5 heteroatoms. The number of hydrogen-bond donors (Lipinski definition) is 3. The lowest BCUT2D eigenvalue weighted by Crippen LogP contribution is -2.01. The van der Waals surface area contributed by atoms with Crippen molar-refractivity contribution in [2.45, 2.75) is 26.2 Å². The van der Waals surface area contributed by atoms with Gasteiger partial charge in [0.25, 0.3) is 0 Å². The smallest absolute Gasteiger partial charge is 0.161 e. The van der Waals surface area contributed by atoms with Gasteiger partial charge in [-0.2, -0.15) is 0 Å². The molecule has 3 aromatic carbocycles. The maximum Gasteiger partial charge on any atom is 0.161 e. The van der Waals surface area contributed by atoms with E-state index in [9.17, 15) is 10.2 Å². The Morgan fingerprint density at radius 2 is 1.31 bits per heavy atom. The number of phenolic OH excluding ortho intramolecular Hbond substituents is 2. The minimum atomic E-state index is 0.154. The van der Waals surface area contributed by atoms with Crippen molar-refractivity contribution in [1.82, 2.24) is 0 Å². The van der Waals surface area contributed by atoms with Gasteiger partial charge in [-0.05, 0) is 83.5 Å². The highest BCUT2D eigenvalue weighted by Gasteiger charge is 2.15. The van der Waals surface area contributed by atoms with Crippen LogP contribution in [0.15, 0.2) is 66.7 Å². The molecule has 0 radical (unpaired) electrons. The third-order valence-electron chi connectivity index (χ3n) is 5.29. The van der Waals surface area contributed by atoms with E-state index in [1.54, 1.807) is 31.4 Å². The summed E-state index contributed by atoms with van der Waals surface area (Å²) < 4.78 is 11.4. The number of aliphatic hydroxyl groups excluding tert-OH is 1. The first-order valence-electron chi connectivity index (χ1n) is 10.8. The van der Waals surface area contributed by atoms with Crippen LogP contribution in [0, 0.1) is 0 Å². The predicted molar refractivity (Wildman–Crippen MR) is 127 cm³/mol. The van der Waals surface area contributed by atoms with Gasteiger partial charge in [0.1, 0.15) is 11.5 Å². The van der Waals surface area contributed by atoms with Gasteiger partial charge >= 0.3 is 0 Å². The topological polar surface area (TPSA) is 79.2 Å². The standard InChI is InChI=1S/C27H30O5/c1-3-24(21-10-15-25(26(18-21)31-2)32-17-5-4-16-28)27(19-6-11-22(29)12-7-19)20-8-13-23(30)14-9-20/h6-15,18,28-30H,3-5,16-17H2,1-2H3.